The second kappa shape index (κ2) is 8.15. The van der Waals surface area contributed by atoms with Crippen molar-refractivity contribution in [3.63, 3.8) is 0 Å². The van der Waals surface area contributed by atoms with Crippen LogP contribution in [0.25, 0.3) is 0 Å². The van der Waals surface area contributed by atoms with Crippen LogP contribution < -0.4 is 5.32 Å². The number of amides is 4. The lowest BCUT2D eigenvalue weighted by atomic mass is 9.97. The maximum atomic E-state index is 13.1. The van der Waals surface area contributed by atoms with Crippen LogP contribution in [0.1, 0.15) is 43.7 Å². The summed E-state index contributed by atoms with van der Waals surface area (Å²) in [5.74, 6) is -0.663. The fourth-order valence-electron chi connectivity index (χ4n) is 4.86. The molecule has 4 amide bonds. The number of carbonyl (C=O) groups is 3. The first-order valence-corrected chi connectivity index (χ1v) is 12.5. The number of nitrogens with zero attached hydrogens (tertiary/aromatic N) is 3. The molecule has 0 radical (unpaired) electrons. The second-order valence-electron chi connectivity index (χ2n) is 9.05. The Kier molecular flexibility index (Phi) is 5.79. The Morgan fingerprint density at radius 2 is 1.66 bits per heavy atom. The van der Waals surface area contributed by atoms with Crippen molar-refractivity contribution in [1.82, 2.24) is 19.4 Å². The first-order valence-electron chi connectivity index (χ1n) is 11.1. The molecule has 1 aliphatic carbocycles. The van der Waals surface area contributed by atoms with Crippen molar-refractivity contribution in [2.75, 3.05) is 26.2 Å². The van der Waals surface area contributed by atoms with Crippen molar-refractivity contribution in [2.24, 2.45) is 0 Å². The number of piperazine rings is 1. The molecule has 1 aromatic carbocycles. The zero-order valence-electron chi connectivity index (χ0n) is 18.8. The summed E-state index contributed by atoms with van der Waals surface area (Å²) in [6, 6.07) is 3.62. The molecule has 3 fully saturated rings. The van der Waals surface area contributed by atoms with Crippen molar-refractivity contribution in [2.45, 2.75) is 62.9 Å². The van der Waals surface area contributed by atoms with E-state index < -0.39 is 27.6 Å². The van der Waals surface area contributed by atoms with Crippen LogP contribution in [0.5, 0.6) is 0 Å². The van der Waals surface area contributed by atoms with Gasteiger partial charge >= 0.3 is 6.03 Å². The zero-order chi connectivity index (χ0) is 23.3. The average molecular weight is 463 g/mol. The number of aryl methyl sites for hydroxylation is 2. The summed E-state index contributed by atoms with van der Waals surface area (Å²) >= 11 is 0. The van der Waals surface area contributed by atoms with Crippen molar-refractivity contribution in [3.05, 3.63) is 29.3 Å². The molecule has 1 saturated carbocycles. The maximum absolute atomic E-state index is 13.1. The smallest absolute Gasteiger partial charge is 0.325 e. The second-order valence-corrected chi connectivity index (χ2v) is 11.0. The number of hydrogen-bond donors (Lipinski definition) is 1. The van der Waals surface area contributed by atoms with Crippen LogP contribution >= 0.6 is 0 Å². The van der Waals surface area contributed by atoms with Crippen LogP contribution in [0.4, 0.5) is 4.79 Å². The Morgan fingerprint density at radius 3 is 2.25 bits per heavy atom. The molecule has 0 bridgehead atoms. The maximum Gasteiger partial charge on any atom is 0.325 e. The van der Waals surface area contributed by atoms with Gasteiger partial charge in [0.25, 0.3) is 5.91 Å². The van der Waals surface area contributed by atoms with Crippen LogP contribution in [0, 0.1) is 13.8 Å². The highest BCUT2D eigenvalue weighted by Crippen LogP contribution is 2.36. The molecule has 1 aromatic rings. The van der Waals surface area contributed by atoms with Gasteiger partial charge in [-0.05, 0) is 56.9 Å². The number of sulfonamides is 1. The standard InChI is InChI=1S/C22H30N4O5S/c1-15-6-7-18(14-16(15)2)32(30,31)25-12-10-24(11-13-25)19(27)17(3)26-20(28)22(23-21(26)29)8-4-5-9-22/h6-7,14,17H,4-5,8-13H2,1-3H3,(H,23,29). The number of carbonyl (C=O) groups excluding carboxylic acids is 3. The van der Waals surface area contributed by atoms with E-state index in [0.717, 1.165) is 28.9 Å². The number of urea groups is 1. The minimum atomic E-state index is -3.65. The van der Waals surface area contributed by atoms with Crippen LogP contribution in [0.3, 0.4) is 0 Å². The molecule has 2 heterocycles. The van der Waals surface area contributed by atoms with Gasteiger partial charge in [0.1, 0.15) is 11.6 Å². The van der Waals surface area contributed by atoms with E-state index in [9.17, 15) is 22.8 Å². The zero-order valence-corrected chi connectivity index (χ0v) is 19.6. The quantitative estimate of drug-likeness (QED) is 0.681. The van der Waals surface area contributed by atoms with Crippen molar-refractivity contribution in [1.29, 1.82) is 0 Å². The largest absolute Gasteiger partial charge is 0.338 e. The molecular weight excluding hydrogens is 432 g/mol. The molecule has 32 heavy (non-hydrogen) atoms. The molecule has 1 unspecified atom stereocenters. The van der Waals surface area contributed by atoms with Crippen molar-refractivity contribution in [3.8, 4) is 0 Å². The van der Waals surface area contributed by atoms with Gasteiger partial charge in [-0.1, -0.05) is 18.9 Å². The van der Waals surface area contributed by atoms with Crippen LogP contribution in [0.2, 0.25) is 0 Å². The van der Waals surface area contributed by atoms with Crippen molar-refractivity contribution < 1.29 is 22.8 Å². The van der Waals surface area contributed by atoms with E-state index in [4.69, 9.17) is 0 Å². The summed E-state index contributed by atoms with van der Waals surface area (Å²) in [7, 11) is -3.65. The molecule has 0 aromatic heterocycles. The Morgan fingerprint density at radius 1 is 1.03 bits per heavy atom. The van der Waals surface area contributed by atoms with E-state index in [-0.39, 0.29) is 42.9 Å². The van der Waals surface area contributed by atoms with Gasteiger partial charge in [0.15, 0.2) is 0 Å². The van der Waals surface area contributed by atoms with Crippen molar-refractivity contribution >= 4 is 27.9 Å². The van der Waals surface area contributed by atoms with Gasteiger partial charge in [0.2, 0.25) is 15.9 Å². The SMILES string of the molecule is Cc1ccc(S(=O)(=O)N2CCN(C(=O)C(C)N3C(=O)NC4(CCCC4)C3=O)CC2)cc1C. The number of nitrogens with one attached hydrogen (secondary N) is 1. The lowest BCUT2D eigenvalue weighted by Crippen LogP contribution is -2.56. The molecule has 9 nitrogen and oxygen atoms in total. The predicted molar refractivity (Wildman–Crippen MR) is 117 cm³/mol. The third kappa shape index (κ3) is 3.69. The number of rotatable bonds is 4. The van der Waals surface area contributed by atoms with Gasteiger partial charge in [0.05, 0.1) is 4.90 Å². The fraction of sp³-hybridized carbons (Fsp3) is 0.591. The fourth-order valence-corrected chi connectivity index (χ4v) is 6.37. The lowest BCUT2D eigenvalue weighted by molar-refractivity contribution is -0.143. The van der Waals surface area contributed by atoms with Crippen LogP contribution in [-0.4, -0.2) is 78.1 Å². The molecular formula is C22H30N4O5S. The summed E-state index contributed by atoms with van der Waals surface area (Å²) in [4.78, 5) is 41.4. The third-order valence-corrected chi connectivity index (χ3v) is 8.96. The highest BCUT2D eigenvalue weighted by atomic mass is 32.2. The molecule has 2 saturated heterocycles. The topological polar surface area (TPSA) is 107 Å². The summed E-state index contributed by atoms with van der Waals surface area (Å²) < 4.78 is 27.4. The number of benzene rings is 1. The molecule has 3 aliphatic rings. The predicted octanol–water partition coefficient (Wildman–Crippen LogP) is 1.39. The van der Waals surface area contributed by atoms with Gasteiger partial charge in [-0.15, -0.1) is 0 Å². The average Bonchev–Trinajstić information content (AvgIpc) is 3.33. The summed E-state index contributed by atoms with van der Waals surface area (Å²) in [5, 5.41) is 2.80. The monoisotopic (exact) mass is 462 g/mol. The molecule has 2 aliphatic heterocycles. The van der Waals surface area contributed by atoms with E-state index in [2.05, 4.69) is 5.32 Å². The minimum absolute atomic E-state index is 0.164. The van der Waals surface area contributed by atoms with Gasteiger partial charge in [0, 0.05) is 26.2 Å². The molecule has 174 valence electrons. The first kappa shape index (κ1) is 22.7. The van der Waals surface area contributed by atoms with Gasteiger partial charge in [-0.3, -0.25) is 9.59 Å². The molecule has 4 rings (SSSR count). The summed E-state index contributed by atoms with van der Waals surface area (Å²) in [6.07, 6.45) is 2.95. The Labute approximate surface area is 188 Å². The minimum Gasteiger partial charge on any atom is -0.338 e. The summed E-state index contributed by atoms with van der Waals surface area (Å²) in [5.41, 5.74) is 1.07. The van der Waals surface area contributed by atoms with E-state index in [1.165, 1.54) is 9.21 Å². The first-order chi connectivity index (χ1) is 15.1. The van der Waals surface area contributed by atoms with Gasteiger partial charge in [-0.2, -0.15) is 4.31 Å². The van der Waals surface area contributed by atoms with E-state index in [1.807, 2.05) is 13.8 Å². The highest BCUT2D eigenvalue weighted by molar-refractivity contribution is 7.89. The Hall–Kier alpha value is -2.46. The molecule has 1 atom stereocenters. The number of imide groups is 1. The Bertz CT molecular complexity index is 1060. The number of hydrogen-bond acceptors (Lipinski definition) is 5. The molecule has 10 heteroatoms. The third-order valence-electron chi connectivity index (χ3n) is 7.06. The van der Waals surface area contributed by atoms with E-state index in [1.54, 1.807) is 25.1 Å². The van der Waals surface area contributed by atoms with E-state index >= 15 is 0 Å². The highest BCUT2D eigenvalue weighted by Gasteiger charge is 2.55. The van der Waals surface area contributed by atoms with Crippen LogP contribution in [-0.2, 0) is 19.6 Å². The molecule has 1 N–H and O–H groups in total. The van der Waals surface area contributed by atoms with Gasteiger partial charge in [-0.25, -0.2) is 18.1 Å². The Balaban J connectivity index is 1.41. The molecule has 1 spiro atoms. The summed E-state index contributed by atoms with van der Waals surface area (Å²) in [6.45, 7) is 6.11. The van der Waals surface area contributed by atoms with Crippen LogP contribution in [0.15, 0.2) is 23.1 Å². The normalized spacial score (nSPS) is 22.5. The lowest BCUT2D eigenvalue weighted by Gasteiger charge is -2.36. The van der Waals surface area contributed by atoms with E-state index in [0.29, 0.717) is 12.8 Å². The van der Waals surface area contributed by atoms with Gasteiger partial charge < -0.3 is 10.2 Å².